The molecule has 0 aromatic heterocycles. The van der Waals surface area contributed by atoms with Crippen molar-refractivity contribution >= 4 is 27.8 Å². The van der Waals surface area contributed by atoms with Crippen molar-refractivity contribution in [1.29, 1.82) is 0 Å². The van der Waals surface area contributed by atoms with Crippen molar-refractivity contribution in [1.82, 2.24) is 4.72 Å². The minimum Gasteiger partial charge on any atom is -0.479 e. The smallest absolute Gasteiger partial charge is 0.344 e. The van der Waals surface area contributed by atoms with Crippen molar-refractivity contribution < 1.29 is 27.1 Å². The number of ether oxygens (including phenoxy) is 2. The molecule has 0 aliphatic heterocycles. The van der Waals surface area contributed by atoms with E-state index in [0.717, 1.165) is 19.3 Å². The highest BCUT2D eigenvalue weighted by molar-refractivity contribution is 7.99. The fourth-order valence-electron chi connectivity index (χ4n) is 2.54. The minimum atomic E-state index is -3.27. The van der Waals surface area contributed by atoms with Crippen LogP contribution in [0.1, 0.15) is 52.4 Å². The summed E-state index contributed by atoms with van der Waals surface area (Å²) in [5, 5.41) is 0. The molecule has 0 radical (unpaired) electrons. The molecule has 1 aromatic carbocycles. The van der Waals surface area contributed by atoms with E-state index < -0.39 is 21.8 Å². The number of hydrogen-bond donors (Lipinski definition) is 1. The molecule has 1 aromatic rings. The van der Waals surface area contributed by atoms with Gasteiger partial charge in [-0.3, -0.25) is 0 Å². The molecule has 0 saturated carbocycles. The number of carbonyl (C=O) groups is 1. The van der Waals surface area contributed by atoms with Gasteiger partial charge in [0.15, 0.2) is 18.2 Å². The fraction of sp³-hybridized carbons (Fsp3) is 0.650. The molecule has 0 bridgehead atoms. The normalized spacial score (nSPS) is 11.4. The molecule has 0 saturated heterocycles. The van der Waals surface area contributed by atoms with Crippen molar-refractivity contribution in [2.75, 3.05) is 31.3 Å². The predicted octanol–water partition coefficient (Wildman–Crippen LogP) is 4.14. The van der Waals surface area contributed by atoms with Gasteiger partial charge in [-0.2, -0.15) is 0 Å². The second-order valence-electron chi connectivity index (χ2n) is 6.52. The van der Waals surface area contributed by atoms with E-state index in [-0.39, 0.29) is 31.3 Å². The lowest BCUT2D eigenvalue weighted by Crippen LogP contribution is -2.28. The SMILES string of the molecule is CCCCCCCCS(=O)(=O)NCCSc1ccc(OCC(=O)OCC)c(F)c1. The summed E-state index contributed by atoms with van der Waals surface area (Å²) in [6.45, 7) is 4.00. The van der Waals surface area contributed by atoms with E-state index in [0.29, 0.717) is 17.1 Å². The fourth-order valence-corrected chi connectivity index (χ4v) is 4.60. The predicted molar refractivity (Wildman–Crippen MR) is 114 cm³/mol. The summed E-state index contributed by atoms with van der Waals surface area (Å²) in [5.41, 5.74) is 0. The molecule has 0 spiro atoms. The maximum absolute atomic E-state index is 14.0. The molecular weight excluding hydrogens is 417 g/mol. The number of thioether (sulfide) groups is 1. The van der Waals surface area contributed by atoms with Gasteiger partial charge >= 0.3 is 5.97 Å². The first-order valence-electron chi connectivity index (χ1n) is 10.1. The zero-order valence-corrected chi connectivity index (χ0v) is 18.9. The first-order chi connectivity index (χ1) is 13.9. The maximum atomic E-state index is 14.0. The third-order valence-corrected chi connectivity index (χ3v) is 6.48. The second-order valence-corrected chi connectivity index (χ2v) is 9.61. The quantitative estimate of drug-likeness (QED) is 0.232. The number of halogens is 1. The van der Waals surface area contributed by atoms with Crippen LogP contribution in [0.15, 0.2) is 23.1 Å². The van der Waals surface area contributed by atoms with Crippen LogP contribution < -0.4 is 9.46 Å². The van der Waals surface area contributed by atoms with E-state index in [2.05, 4.69) is 11.6 Å². The van der Waals surface area contributed by atoms with Gasteiger partial charge in [0.05, 0.1) is 12.4 Å². The zero-order valence-electron chi connectivity index (χ0n) is 17.2. The molecule has 0 heterocycles. The second kappa shape index (κ2) is 14.6. The Morgan fingerprint density at radius 3 is 2.55 bits per heavy atom. The molecule has 166 valence electrons. The number of hydrogen-bond acceptors (Lipinski definition) is 6. The summed E-state index contributed by atoms with van der Waals surface area (Å²) < 4.78 is 50.4. The van der Waals surface area contributed by atoms with Crippen molar-refractivity contribution in [3.05, 3.63) is 24.0 Å². The maximum Gasteiger partial charge on any atom is 0.344 e. The summed E-state index contributed by atoms with van der Waals surface area (Å²) in [4.78, 5) is 11.9. The van der Waals surface area contributed by atoms with Crippen molar-refractivity contribution in [2.24, 2.45) is 0 Å². The van der Waals surface area contributed by atoms with Crippen LogP contribution in [0.2, 0.25) is 0 Å². The molecule has 0 unspecified atom stereocenters. The largest absolute Gasteiger partial charge is 0.479 e. The first-order valence-corrected chi connectivity index (χ1v) is 12.7. The lowest BCUT2D eigenvalue weighted by Gasteiger charge is -2.09. The minimum absolute atomic E-state index is 0.0259. The summed E-state index contributed by atoms with van der Waals surface area (Å²) in [6, 6.07) is 4.41. The van der Waals surface area contributed by atoms with Crippen LogP contribution >= 0.6 is 11.8 Å². The number of nitrogens with one attached hydrogen (secondary N) is 1. The van der Waals surface area contributed by atoms with Crippen LogP contribution in [0.3, 0.4) is 0 Å². The average Bonchev–Trinajstić information content (AvgIpc) is 2.67. The Kier molecular flexibility index (Phi) is 13.0. The highest BCUT2D eigenvalue weighted by atomic mass is 32.2. The number of rotatable bonds is 16. The van der Waals surface area contributed by atoms with Gasteiger partial charge in [-0.05, 0) is 31.5 Å². The molecule has 0 amide bonds. The molecule has 0 aliphatic carbocycles. The van der Waals surface area contributed by atoms with Gasteiger partial charge in [0.1, 0.15) is 0 Å². The third-order valence-electron chi connectivity index (χ3n) is 4.01. The molecule has 1 rings (SSSR count). The van der Waals surface area contributed by atoms with E-state index in [1.54, 1.807) is 13.0 Å². The number of carbonyl (C=O) groups excluding carboxylic acids is 1. The molecule has 6 nitrogen and oxygen atoms in total. The van der Waals surface area contributed by atoms with E-state index >= 15 is 0 Å². The summed E-state index contributed by atoms with van der Waals surface area (Å²) in [6.07, 6.45) is 6.20. The van der Waals surface area contributed by atoms with Crippen LogP contribution in [-0.4, -0.2) is 45.7 Å². The lowest BCUT2D eigenvalue weighted by atomic mass is 10.1. The van der Waals surface area contributed by atoms with Gasteiger partial charge in [0, 0.05) is 17.2 Å². The van der Waals surface area contributed by atoms with E-state index in [4.69, 9.17) is 9.47 Å². The van der Waals surface area contributed by atoms with Crippen LogP contribution in [0, 0.1) is 5.82 Å². The third kappa shape index (κ3) is 12.1. The Labute approximate surface area is 178 Å². The first kappa shape index (κ1) is 25.7. The van der Waals surface area contributed by atoms with E-state index in [1.165, 1.54) is 36.7 Å². The lowest BCUT2D eigenvalue weighted by molar-refractivity contribution is -0.145. The summed E-state index contributed by atoms with van der Waals surface area (Å²) in [5.74, 6) is -0.535. The van der Waals surface area contributed by atoms with Crippen LogP contribution in [0.5, 0.6) is 5.75 Å². The molecule has 0 aliphatic rings. The summed E-state index contributed by atoms with van der Waals surface area (Å²) >= 11 is 1.34. The van der Waals surface area contributed by atoms with E-state index in [9.17, 15) is 17.6 Å². The molecule has 29 heavy (non-hydrogen) atoms. The van der Waals surface area contributed by atoms with Gasteiger partial charge in [-0.25, -0.2) is 22.3 Å². The average molecular weight is 450 g/mol. The molecular formula is C20H32FNO5S2. The van der Waals surface area contributed by atoms with Gasteiger partial charge in [-0.15, -0.1) is 11.8 Å². The van der Waals surface area contributed by atoms with Crippen LogP contribution in [0.4, 0.5) is 4.39 Å². The summed E-state index contributed by atoms with van der Waals surface area (Å²) in [7, 11) is -3.27. The highest BCUT2D eigenvalue weighted by Crippen LogP contribution is 2.24. The molecule has 9 heteroatoms. The molecule has 0 fully saturated rings. The van der Waals surface area contributed by atoms with Gasteiger partial charge < -0.3 is 9.47 Å². The highest BCUT2D eigenvalue weighted by Gasteiger charge is 2.11. The van der Waals surface area contributed by atoms with E-state index in [1.807, 2.05) is 0 Å². The van der Waals surface area contributed by atoms with Gasteiger partial charge in [0.25, 0.3) is 0 Å². The Morgan fingerprint density at radius 2 is 1.86 bits per heavy atom. The van der Waals surface area contributed by atoms with Crippen LogP contribution in [-0.2, 0) is 19.6 Å². The Balaban J connectivity index is 2.28. The number of sulfonamides is 1. The Hall–Kier alpha value is -1.32. The van der Waals surface area contributed by atoms with Crippen LogP contribution in [0.25, 0.3) is 0 Å². The standard InChI is InChI=1S/C20H32FNO5S2/c1-3-5-6-7-8-9-14-29(24,25)22-12-13-28-17-10-11-19(18(21)15-17)27-16-20(23)26-4-2/h10-11,15,22H,3-9,12-14,16H2,1-2H3. The Morgan fingerprint density at radius 1 is 1.14 bits per heavy atom. The number of unbranched alkanes of at least 4 members (excludes halogenated alkanes) is 5. The molecule has 0 atom stereocenters. The van der Waals surface area contributed by atoms with Gasteiger partial charge in [-0.1, -0.05) is 39.0 Å². The Bertz CT molecular complexity index is 713. The van der Waals surface area contributed by atoms with Crippen molar-refractivity contribution in [3.8, 4) is 5.75 Å². The number of esters is 1. The van der Waals surface area contributed by atoms with Crippen molar-refractivity contribution in [2.45, 2.75) is 57.3 Å². The molecule has 1 N–H and O–H groups in total. The monoisotopic (exact) mass is 449 g/mol. The van der Waals surface area contributed by atoms with Crippen molar-refractivity contribution in [3.63, 3.8) is 0 Å². The number of benzene rings is 1. The zero-order chi connectivity index (χ0) is 21.5. The van der Waals surface area contributed by atoms with Gasteiger partial charge in [0.2, 0.25) is 10.0 Å². The topological polar surface area (TPSA) is 81.7 Å².